The molecule has 0 aromatic carbocycles. The zero-order valence-corrected chi connectivity index (χ0v) is 8.47. The molecule has 2 heteroatoms. The maximum absolute atomic E-state index is 11.2. The van der Waals surface area contributed by atoms with Gasteiger partial charge in [0.05, 0.1) is 0 Å². The molecule has 13 heavy (non-hydrogen) atoms. The number of ketones is 1. The lowest BCUT2D eigenvalue weighted by atomic mass is 10.1. The third-order valence-electron chi connectivity index (χ3n) is 1.93. The highest BCUT2D eigenvalue weighted by molar-refractivity contribution is 6.35. The van der Waals surface area contributed by atoms with Crippen molar-refractivity contribution < 1.29 is 4.79 Å². The highest BCUT2D eigenvalue weighted by Crippen LogP contribution is 2.19. The first kappa shape index (κ1) is 10.3. The van der Waals surface area contributed by atoms with Gasteiger partial charge in [-0.25, -0.2) is 0 Å². The van der Waals surface area contributed by atoms with Gasteiger partial charge < -0.3 is 0 Å². The molecule has 1 rings (SSSR count). The smallest absolute Gasteiger partial charge is 0.161 e. The van der Waals surface area contributed by atoms with Crippen LogP contribution in [0.5, 0.6) is 0 Å². The van der Waals surface area contributed by atoms with Crippen LogP contribution in [0.3, 0.4) is 0 Å². The second kappa shape index (κ2) is 5.03. The maximum Gasteiger partial charge on any atom is 0.161 e. The fourth-order valence-corrected chi connectivity index (χ4v) is 1.51. The van der Waals surface area contributed by atoms with Crippen LogP contribution in [-0.4, -0.2) is 5.78 Å². The van der Waals surface area contributed by atoms with E-state index < -0.39 is 0 Å². The summed E-state index contributed by atoms with van der Waals surface area (Å²) in [5, 5.41) is 0.582. The van der Waals surface area contributed by atoms with E-state index in [9.17, 15) is 4.79 Å². The Morgan fingerprint density at radius 2 is 2.23 bits per heavy atom. The molecule has 0 bridgehead atoms. The van der Waals surface area contributed by atoms with Gasteiger partial charge in [0.25, 0.3) is 0 Å². The molecule has 0 saturated heterocycles. The van der Waals surface area contributed by atoms with Crippen LogP contribution in [0.25, 0.3) is 0 Å². The van der Waals surface area contributed by atoms with Crippen LogP contribution in [0.15, 0.2) is 34.9 Å². The van der Waals surface area contributed by atoms with E-state index >= 15 is 0 Å². The van der Waals surface area contributed by atoms with Crippen molar-refractivity contribution in [2.45, 2.75) is 26.2 Å². The molecule has 0 unspecified atom stereocenters. The number of carbonyl (C=O) groups excluding carboxylic acids is 1. The summed E-state index contributed by atoms with van der Waals surface area (Å²) < 4.78 is 0. The van der Waals surface area contributed by atoms with Crippen molar-refractivity contribution in [3.8, 4) is 0 Å². The van der Waals surface area contributed by atoms with Crippen LogP contribution >= 0.6 is 11.6 Å². The minimum atomic E-state index is 0.0211. The highest BCUT2D eigenvalue weighted by Gasteiger charge is 2.06. The maximum atomic E-state index is 11.2. The molecule has 0 aromatic heterocycles. The largest absolute Gasteiger partial charge is 0.294 e. The molecule has 1 aliphatic carbocycles. The van der Waals surface area contributed by atoms with Gasteiger partial charge >= 0.3 is 0 Å². The lowest BCUT2D eigenvalue weighted by molar-refractivity contribution is -0.113. The summed E-state index contributed by atoms with van der Waals surface area (Å²) in [4.78, 5) is 11.2. The number of hydrogen-bond donors (Lipinski definition) is 0. The number of carbonyl (C=O) groups is 1. The summed E-state index contributed by atoms with van der Waals surface area (Å²) in [6.45, 7) is 1.54. The summed E-state index contributed by atoms with van der Waals surface area (Å²) >= 11 is 5.97. The van der Waals surface area contributed by atoms with Crippen molar-refractivity contribution in [3.05, 3.63) is 34.9 Å². The van der Waals surface area contributed by atoms with E-state index in [-0.39, 0.29) is 5.78 Å². The Bertz CT molecular complexity index is 284. The molecule has 0 heterocycles. The van der Waals surface area contributed by atoms with E-state index in [0.717, 1.165) is 19.3 Å². The zero-order valence-electron chi connectivity index (χ0n) is 7.72. The monoisotopic (exact) mass is 196 g/mol. The minimum absolute atomic E-state index is 0.0211. The molecule has 0 atom stereocenters. The summed E-state index contributed by atoms with van der Waals surface area (Å²) in [6.07, 6.45) is 10.7. The van der Waals surface area contributed by atoms with Gasteiger partial charge in [0.1, 0.15) is 0 Å². The third kappa shape index (κ3) is 3.19. The standard InChI is InChI=1S/C11H13ClO/c1-9(13)10-7-5-3-2-4-6-8-11(10)12/h3,5,7-8H,2,4,6H2,1H3/b5-3-,10-7-,11-8+. The van der Waals surface area contributed by atoms with Gasteiger partial charge in [0, 0.05) is 10.6 Å². The molecule has 0 N–H and O–H groups in total. The zero-order chi connectivity index (χ0) is 9.68. The molecule has 1 aliphatic rings. The van der Waals surface area contributed by atoms with Gasteiger partial charge in [-0.15, -0.1) is 0 Å². The second-order valence-electron chi connectivity index (χ2n) is 3.05. The number of halogens is 1. The van der Waals surface area contributed by atoms with Crippen molar-refractivity contribution in [2.24, 2.45) is 0 Å². The number of hydrogen-bond acceptors (Lipinski definition) is 1. The lowest BCUT2D eigenvalue weighted by Crippen LogP contribution is -1.96. The van der Waals surface area contributed by atoms with Crippen LogP contribution in [0, 0.1) is 0 Å². The Balaban J connectivity index is 2.94. The highest BCUT2D eigenvalue weighted by atomic mass is 35.5. The Morgan fingerprint density at radius 3 is 2.92 bits per heavy atom. The third-order valence-corrected chi connectivity index (χ3v) is 2.29. The number of allylic oxidation sites excluding steroid dienone is 6. The van der Waals surface area contributed by atoms with Crippen molar-refractivity contribution in [3.63, 3.8) is 0 Å². The number of Topliss-reactive ketones (excluding diaryl/α,β-unsaturated/α-hetero) is 1. The van der Waals surface area contributed by atoms with Gasteiger partial charge in [-0.2, -0.15) is 0 Å². The molecule has 70 valence electrons. The average molecular weight is 197 g/mol. The van der Waals surface area contributed by atoms with E-state index in [1.54, 1.807) is 6.08 Å². The summed E-state index contributed by atoms with van der Waals surface area (Å²) in [5.74, 6) is 0.0211. The van der Waals surface area contributed by atoms with Crippen molar-refractivity contribution >= 4 is 17.4 Å². The average Bonchev–Trinajstić information content (AvgIpc) is 2.16. The summed E-state index contributed by atoms with van der Waals surface area (Å²) in [5.41, 5.74) is 0.611. The Kier molecular flexibility index (Phi) is 3.97. The van der Waals surface area contributed by atoms with Crippen LogP contribution in [0.4, 0.5) is 0 Å². The van der Waals surface area contributed by atoms with Crippen molar-refractivity contribution in [1.29, 1.82) is 0 Å². The Hall–Kier alpha value is -0.820. The molecule has 0 amide bonds. The Labute approximate surface area is 83.8 Å². The van der Waals surface area contributed by atoms with Gasteiger partial charge in [-0.3, -0.25) is 4.79 Å². The molecule has 0 radical (unpaired) electrons. The molecular weight excluding hydrogens is 184 g/mol. The van der Waals surface area contributed by atoms with Crippen LogP contribution in [-0.2, 0) is 4.79 Å². The van der Waals surface area contributed by atoms with Crippen molar-refractivity contribution in [1.82, 2.24) is 0 Å². The predicted molar refractivity (Wildman–Crippen MR) is 55.7 cm³/mol. The molecule has 1 nitrogen and oxygen atoms in total. The fraction of sp³-hybridized carbons (Fsp3) is 0.364. The molecule has 0 aliphatic heterocycles. The molecule has 0 aromatic rings. The quantitative estimate of drug-likeness (QED) is 0.629. The van der Waals surface area contributed by atoms with E-state index in [2.05, 4.69) is 6.08 Å². The molecular formula is C11H13ClO. The number of rotatable bonds is 1. The van der Waals surface area contributed by atoms with E-state index in [1.165, 1.54) is 6.92 Å². The fourth-order valence-electron chi connectivity index (χ4n) is 1.20. The normalized spacial score (nSPS) is 28.5. The first-order valence-corrected chi connectivity index (χ1v) is 4.83. The predicted octanol–water partition coefficient (Wildman–Crippen LogP) is 3.36. The SMILES string of the molecule is CC(=O)C1=C/C=C\CCC/C=C\1Cl. The lowest BCUT2D eigenvalue weighted by Gasteiger charge is -1.99. The first-order chi connectivity index (χ1) is 6.22. The molecule has 0 spiro atoms. The Morgan fingerprint density at radius 1 is 1.46 bits per heavy atom. The molecule has 0 saturated carbocycles. The first-order valence-electron chi connectivity index (χ1n) is 4.45. The van der Waals surface area contributed by atoms with E-state index in [1.807, 2.05) is 12.2 Å². The van der Waals surface area contributed by atoms with Gasteiger partial charge in [-0.1, -0.05) is 35.9 Å². The second-order valence-corrected chi connectivity index (χ2v) is 3.45. The summed E-state index contributed by atoms with van der Waals surface area (Å²) in [6, 6.07) is 0. The van der Waals surface area contributed by atoms with Gasteiger partial charge in [0.2, 0.25) is 0 Å². The van der Waals surface area contributed by atoms with Crippen LogP contribution < -0.4 is 0 Å². The van der Waals surface area contributed by atoms with Crippen LogP contribution in [0.1, 0.15) is 26.2 Å². The van der Waals surface area contributed by atoms with Gasteiger partial charge in [-0.05, 0) is 26.2 Å². The summed E-state index contributed by atoms with van der Waals surface area (Å²) in [7, 11) is 0. The van der Waals surface area contributed by atoms with E-state index in [4.69, 9.17) is 11.6 Å². The van der Waals surface area contributed by atoms with Gasteiger partial charge in [0.15, 0.2) is 5.78 Å². The van der Waals surface area contributed by atoms with Crippen LogP contribution in [0.2, 0.25) is 0 Å². The van der Waals surface area contributed by atoms with Crippen molar-refractivity contribution in [2.75, 3.05) is 0 Å². The molecule has 0 fully saturated rings. The minimum Gasteiger partial charge on any atom is -0.294 e. The topological polar surface area (TPSA) is 17.1 Å². The van der Waals surface area contributed by atoms with E-state index in [0.29, 0.717) is 10.6 Å².